The summed E-state index contributed by atoms with van der Waals surface area (Å²) in [5, 5.41) is 0. The largest absolute Gasteiger partial charge is 0.493 e. The number of nitrogens with one attached hydrogen (secondary N) is 1. The average molecular weight is 349 g/mol. The molecular weight excluding hydrogens is 326 g/mol. The van der Waals surface area contributed by atoms with Crippen LogP contribution in [0.25, 0.3) is 0 Å². The summed E-state index contributed by atoms with van der Waals surface area (Å²) in [6.45, 7) is 5.47. The maximum Gasteiger partial charge on any atom is 0.241 e. The Kier molecular flexibility index (Phi) is 5.20. The van der Waals surface area contributed by atoms with Gasteiger partial charge < -0.3 is 9.47 Å². The first-order valence-corrected chi connectivity index (χ1v) is 9.01. The molecule has 0 heterocycles. The highest BCUT2D eigenvalue weighted by atomic mass is 32.2. The fraction of sp³-hybridized carbons (Fsp3) is 0.333. The minimum absolute atomic E-state index is 0.246. The van der Waals surface area contributed by atoms with E-state index in [9.17, 15) is 8.42 Å². The first-order chi connectivity index (χ1) is 11.2. The molecule has 0 atom stereocenters. The summed E-state index contributed by atoms with van der Waals surface area (Å²) in [6.07, 6.45) is 0. The number of hydrogen-bond donors (Lipinski definition) is 1. The number of sulfonamides is 1. The number of benzene rings is 2. The van der Waals surface area contributed by atoms with Crippen LogP contribution in [0.3, 0.4) is 0 Å². The fourth-order valence-electron chi connectivity index (χ4n) is 2.46. The van der Waals surface area contributed by atoms with E-state index in [0.29, 0.717) is 11.5 Å². The summed E-state index contributed by atoms with van der Waals surface area (Å²) in [5.74, 6) is 1.15. The Labute approximate surface area is 143 Å². The highest BCUT2D eigenvalue weighted by Crippen LogP contribution is 2.32. The van der Waals surface area contributed by atoms with Gasteiger partial charge in [-0.3, -0.25) is 0 Å². The molecule has 0 unspecified atom stereocenters. The third-order valence-corrected chi connectivity index (χ3v) is 5.45. The molecule has 0 saturated heterocycles. The molecule has 0 bridgehead atoms. The molecule has 0 amide bonds. The molecular formula is C18H23NO4S. The lowest BCUT2D eigenvalue weighted by atomic mass is 9.95. The van der Waals surface area contributed by atoms with Crippen LogP contribution in [-0.4, -0.2) is 22.6 Å². The second kappa shape index (κ2) is 6.83. The molecule has 0 aliphatic heterocycles. The Morgan fingerprint density at radius 1 is 0.958 bits per heavy atom. The van der Waals surface area contributed by atoms with E-state index in [0.717, 1.165) is 11.1 Å². The second-order valence-electron chi connectivity index (χ2n) is 6.12. The van der Waals surface area contributed by atoms with Gasteiger partial charge in [-0.2, -0.15) is 0 Å². The van der Waals surface area contributed by atoms with Gasteiger partial charge in [0.1, 0.15) is 0 Å². The zero-order valence-corrected chi connectivity index (χ0v) is 15.4. The van der Waals surface area contributed by atoms with Gasteiger partial charge in [-0.1, -0.05) is 18.2 Å². The van der Waals surface area contributed by atoms with Crippen molar-refractivity contribution in [3.63, 3.8) is 0 Å². The highest BCUT2D eigenvalue weighted by molar-refractivity contribution is 7.89. The smallest absolute Gasteiger partial charge is 0.241 e. The summed E-state index contributed by atoms with van der Waals surface area (Å²) in [6, 6.07) is 12.2. The van der Waals surface area contributed by atoms with Crippen molar-refractivity contribution in [2.24, 2.45) is 0 Å². The maximum absolute atomic E-state index is 12.7. The zero-order valence-electron chi connectivity index (χ0n) is 14.6. The molecule has 130 valence electrons. The third-order valence-electron chi connectivity index (χ3n) is 3.79. The van der Waals surface area contributed by atoms with Gasteiger partial charge in [0, 0.05) is 0 Å². The average Bonchev–Trinajstić information content (AvgIpc) is 2.53. The predicted octanol–water partition coefficient (Wildman–Crippen LogP) is 3.23. The quantitative estimate of drug-likeness (QED) is 0.870. The molecule has 0 radical (unpaired) electrons. The van der Waals surface area contributed by atoms with Gasteiger partial charge in [0.15, 0.2) is 11.5 Å². The van der Waals surface area contributed by atoms with Crippen LogP contribution in [0.15, 0.2) is 47.4 Å². The van der Waals surface area contributed by atoms with E-state index in [4.69, 9.17) is 9.47 Å². The lowest BCUT2D eigenvalue weighted by Crippen LogP contribution is -2.40. The van der Waals surface area contributed by atoms with E-state index >= 15 is 0 Å². The maximum atomic E-state index is 12.7. The van der Waals surface area contributed by atoms with Crippen LogP contribution in [-0.2, 0) is 15.6 Å². The molecule has 24 heavy (non-hydrogen) atoms. The number of methoxy groups -OCH3 is 2. The summed E-state index contributed by atoms with van der Waals surface area (Å²) >= 11 is 0. The zero-order chi connectivity index (χ0) is 18.0. The molecule has 5 nitrogen and oxygen atoms in total. The Morgan fingerprint density at radius 2 is 1.62 bits per heavy atom. The van der Waals surface area contributed by atoms with Gasteiger partial charge in [-0.25, -0.2) is 13.1 Å². The van der Waals surface area contributed by atoms with E-state index in [1.54, 1.807) is 44.6 Å². The minimum Gasteiger partial charge on any atom is -0.493 e. The lowest BCUT2D eigenvalue weighted by molar-refractivity contribution is 0.352. The minimum atomic E-state index is -3.65. The molecule has 0 aromatic heterocycles. The fourth-order valence-corrected chi connectivity index (χ4v) is 3.97. The van der Waals surface area contributed by atoms with Crippen LogP contribution in [0.1, 0.15) is 25.0 Å². The molecule has 0 saturated carbocycles. The first kappa shape index (κ1) is 18.3. The van der Waals surface area contributed by atoms with Gasteiger partial charge in [0.25, 0.3) is 0 Å². The van der Waals surface area contributed by atoms with Crippen molar-refractivity contribution in [3.05, 3.63) is 53.6 Å². The Hall–Kier alpha value is -2.05. The molecule has 2 aromatic carbocycles. The van der Waals surface area contributed by atoms with E-state index < -0.39 is 15.6 Å². The van der Waals surface area contributed by atoms with Gasteiger partial charge in [0.2, 0.25) is 10.0 Å². The van der Waals surface area contributed by atoms with Gasteiger partial charge >= 0.3 is 0 Å². The number of hydrogen-bond acceptors (Lipinski definition) is 4. The Balaban J connectivity index is 2.37. The van der Waals surface area contributed by atoms with Crippen molar-refractivity contribution in [2.45, 2.75) is 31.2 Å². The highest BCUT2D eigenvalue weighted by Gasteiger charge is 2.29. The SMILES string of the molecule is COc1ccc(C(C)(C)NS(=O)(=O)c2cccc(C)c2)cc1OC. The summed E-state index contributed by atoms with van der Waals surface area (Å²) < 4.78 is 38.6. The molecule has 1 N–H and O–H groups in total. The standard InChI is InChI=1S/C18H23NO4S/c1-13-7-6-8-15(11-13)24(20,21)19-18(2,3)14-9-10-16(22-4)17(12-14)23-5/h6-12,19H,1-5H3. The molecule has 2 aromatic rings. The normalized spacial score (nSPS) is 12.0. The first-order valence-electron chi connectivity index (χ1n) is 7.53. The number of rotatable bonds is 6. The van der Waals surface area contributed by atoms with Crippen LogP contribution in [0.4, 0.5) is 0 Å². The van der Waals surface area contributed by atoms with E-state index in [1.807, 2.05) is 32.9 Å². The van der Waals surface area contributed by atoms with Crippen molar-refractivity contribution < 1.29 is 17.9 Å². The molecule has 0 spiro atoms. The number of ether oxygens (including phenoxy) is 2. The van der Waals surface area contributed by atoms with Crippen LogP contribution in [0, 0.1) is 6.92 Å². The van der Waals surface area contributed by atoms with E-state index in [2.05, 4.69) is 4.72 Å². The van der Waals surface area contributed by atoms with E-state index in [-0.39, 0.29) is 4.90 Å². The molecule has 0 fully saturated rings. The number of aryl methyl sites for hydroxylation is 1. The Morgan fingerprint density at radius 3 is 2.21 bits per heavy atom. The predicted molar refractivity (Wildman–Crippen MR) is 94.1 cm³/mol. The van der Waals surface area contributed by atoms with E-state index in [1.165, 1.54) is 0 Å². The summed E-state index contributed by atoms with van der Waals surface area (Å²) in [4.78, 5) is 0.246. The lowest BCUT2D eigenvalue weighted by Gasteiger charge is -2.27. The Bertz CT molecular complexity index is 829. The molecule has 0 aliphatic rings. The topological polar surface area (TPSA) is 64.6 Å². The van der Waals surface area contributed by atoms with Gasteiger partial charge in [-0.15, -0.1) is 0 Å². The summed E-state index contributed by atoms with van der Waals surface area (Å²) in [7, 11) is -0.540. The van der Waals surface area contributed by atoms with Crippen LogP contribution < -0.4 is 14.2 Å². The van der Waals surface area contributed by atoms with Crippen LogP contribution in [0.5, 0.6) is 11.5 Å². The van der Waals surface area contributed by atoms with Crippen LogP contribution >= 0.6 is 0 Å². The van der Waals surface area contributed by atoms with Crippen molar-refractivity contribution in [2.75, 3.05) is 14.2 Å². The second-order valence-corrected chi connectivity index (χ2v) is 7.80. The van der Waals surface area contributed by atoms with Crippen molar-refractivity contribution in [3.8, 4) is 11.5 Å². The summed E-state index contributed by atoms with van der Waals surface area (Å²) in [5.41, 5.74) is 0.848. The van der Waals surface area contributed by atoms with Crippen molar-refractivity contribution >= 4 is 10.0 Å². The third kappa shape index (κ3) is 3.88. The van der Waals surface area contributed by atoms with Crippen molar-refractivity contribution in [1.82, 2.24) is 4.72 Å². The van der Waals surface area contributed by atoms with Crippen molar-refractivity contribution in [1.29, 1.82) is 0 Å². The molecule has 6 heteroatoms. The molecule has 0 aliphatic carbocycles. The monoisotopic (exact) mass is 349 g/mol. The van der Waals surface area contributed by atoms with Gasteiger partial charge in [0.05, 0.1) is 24.7 Å². The molecule has 2 rings (SSSR count). The van der Waals surface area contributed by atoms with Crippen LogP contribution in [0.2, 0.25) is 0 Å². The van der Waals surface area contributed by atoms with Gasteiger partial charge in [-0.05, 0) is 56.2 Å².